The Kier molecular flexibility index (Phi) is 19.7. The van der Waals surface area contributed by atoms with E-state index in [-0.39, 0.29) is 0 Å². The molecule has 0 aromatic heterocycles. The van der Waals surface area contributed by atoms with Gasteiger partial charge in [0.15, 0.2) is 25.2 Å². The van der Waals surface area contributed by atoms with Gasteiger partial charge in [0.2, 0.25) is 11.8 Å². The Morgan fingerprint density at radius 1 is 0.588 bits per heavy atom. The maximum atomic E-state index is 13.0. The Labute approximate surface area is 384 Å². The Bertz CT molecular complexity index is 1650. The highest BCUT2D eigenvalue weighted by molar-refractivity contribution is 5.76. The van der Waals surface area contributed by atoms with Crippen molar-refractivity contribution in [2.24, 2.45) is 0 Å². The summed E-state index contributed by atoms with van der Waals surface area (Å²) >= 11 is 0. The van der Waals surface area contributed by atoms with E-state index < -0.39 is 216 Å². The van der Waals surface area contributed by atoms with Crippen molar-refractivity contribution < 1.29 is 144 Å². The van der Waals surface area contributed by atoms with Crippen LogP contribution in [0.4, 0.5) is 0 Å². The summed E-state index contributed by atoms with van der Waals surface area (Å²) in [7, 11) is 0. The molecule has 5 fully saturated rings. The van der Waals surface area contributed by atoms with Gasteiger partial charge in [-0.05, 0) is 0 Å². The highest BCUT2D eigenvalue weighted by Crippen LogP contribution is 2.38. The molecule has 0 radical (unpaired) electrons. The molecular formula is C37H62N2O29. The van der Waals surface area contributed by atoms with Gasteiger partial charge >= 0.3 is 5.97 Å². The Balaban J connectivity index is 1.53. The summed E-state index contributed by atoms with van der Waals surface area (Å²) in [5.41, 5.74) is 0. The van der Waals surface area contributed by atoms with Crippen molar-refractivity contribution in [3.63, 3.8) is 0 Å². The minimum absolute atomic E-state index is 0.808. The van der Waals surface area contributed by atoms with Crippen LogP contribution in [0.1, 0.15) is 20.3 Å². The zero-order chi connectivity index (χ0) is 50.7. The van der Waals surface area contributed by atoms with Crippen molar-refractivity contribution in [1.82, 2.24) is 10.6 Å². The Morgan fingerprint density at radius 3 is 1.66 bits per heavy atom. The van der Waals surface area contributed by atoms with Crippen LogP contribution >= 0.6 is 0 Å². The van der Waals surface area contributed by atoms with E-state index in [0.29, 0.717) is 0 Å². The van der Waals surface area contributed by atoms with Gasteiger partial charge in [-0.25, -0.2) is 4.79 Å². The van der Waals surface area contributed by atoms with Gasteiger partial charge in [-0.3, -0.25) is 9.59 Å². The molecule has 5 aliphatic heterocycles. The monoisotopic (exact) mass is 998 g/mol. The molecule has 5 saturated heterocycles. The summed E-state index contributed by atoms with van der Waals surface area (Å²) in [6.07, 6.45) is -47.3. The molecule has 68 heavy (non-hydrogen) atoms. The maximum absolute atomic E-state index is 13.0. The fourth-order valence-corrected chi connectivity index (χ4v) is 8.42. The molecule has 2 amide bonds. The molecule has 0 aliphatic carbocycles. The van der Waals surface area contributed by atoms with Crippen LogP contribution in [-0.4, -0.2) is 297 Å². The molecule has 26 atom stereocenters. The molecule has 5 heterocycles. The van der Waals surface area contributed by atoms with Crippen LogP contribution in [0.15, 0.2) is 0 Å². The fraction of sp³-hybridized carbons (Fsp3) is 0.919. The number of aliphatic carboxylic acids is 1. The SMILES string of the molecule is CC(=O)N[C@H]1[C@H](O[C@H]2[C@@H](O)[C@@H](CO)O[C@@H](O[C@H]3[C@H](O)[C@@H](O)[C@@H](O)O[C@@H]3CO)[C@@H]2O)O[C@H](CO[C@]2(C(=O)O)C[C@H](O)[C@@H](NC(C)=O)[C@H]([C@H](O)[C@H](O)CO)O2)[C@@H](O)[C@@H]1O[C@@H]1O[C@H](CO)[C@H](O)[C@H](O)[C@H]1O. The number of rotatable bonds is 18. The van der Waals surface area contributed by atoms with Crippen molar-refractivity contribution in [3.05, 3.63) is 0 Å². The van der Waals surface area contributed by atoms with E-state index in [9.17, 15) is 101 Å². The quantitative estimate of drug-likeness (QED) is 0.0606. The summed E-state index contributed by atoms with van der Waals surface area (Å²) in [4.78, 5) is 37.8. The van der Waals surface area contributed by atoms with Crippen LogP contribution in [0.3, 0.4) is 0 Å². The molecule has 0 bridgehead atoms. The zero-order valence-electron chi connectivity index (χ0n) is 36.2. The van der Waals surface area contributed by atoms with Gasteiger partial charge in [0.1, 0.15) is 116 Å². The lowest BCUT2D eigenvalue weighted by Crippen LogP contribution is -2.71. The van der Waals surface area contributed by atoms with Gasteiger partial charge in [0.25, 0.3) is 5.79 Å². The Hall–Kier alpha value is -2.59. The van der Waals surface area contributed by atoms with Crippen molar-refractivity contribution in [2.45, 2.75) is 179 Å². The first-order valence-corrected chi connectivity index (χ1v) is 21.2. The molecule has 31 nitrogen and oxygen atoms in total. The number of carboxylic acid groups (broad SMARTS) is 1. The van der Waals surface area contributed by atoms with Crippen molar-refractivity contribution in [3.8, 4) is 0 Å². The van der Waals surface area contributed by atoms with Crippen molar-refractivity contribution in [1.29, 1.82) is 0 Å². The molecular weight excluding hydrogens is 936 g/mol. The van der Waals surface area contributed by atoms with Crippen LogP contribution in [0, 0.1) is 0 Å². The van der Waals surface area contributed by atoms with Crippen LogP contribution in [0.5, 0.6) is 0 Å². The van der Waals surface area contributed by atoms with Gasteiger partial charge in [0.05, 0.1) is 45.2 Å². The van der Waals surface area contributed by atoms with E-state index in [1.807, 2.05) is 0 Å². The minimum Gasteiger partial charge on any atom is -0.477 e. The van der Waals surface area contributed by atoms with E-state index in [1.165, 1.54) is 0 Å². The lowest BCUT2D eigenvalue weighted by molar-refractivity contribution is -0.382. The van der Waals surface area contributed by atoms with Gasteiger partial charge in [0, 0.05) is 20.3 Å². The third-order valence-electron chi connectivity index (χ3n) is 12.1. The number of hydrogen-bond acceptors (Lipinski definition) is 28. The number of hydrogen-bond donors (Lipinski definition) is 19. The number of carbonyl (C=O) groups is 3. The smallest absolute Gasteiger partial charge is 0.364 e. The minimum atomic E-state index is -3.06. The number of amides is 2. The standard InChI is InChI=1S/C37H62N2O29/c1-9(44)38-17-11(46)3-37(36(58)59,68-30(17)19(48)12(47)4-40)60-8-16-22(51)29(66-34-26(55)23(52)20(49)13(5-41)62-34)18(39-10(2)45)33(64-16)67-31-21(50)14(6-42)63-35(27(31)56)65-28-15(7-43)61-32(57)25(54)24(28)53/h11-35,40-43,46-57H,3-8H2,1-2H3,(H,38,44)(H,39,45)(H,58,59)/t11-,12+,13+,14+,15+,16+,17+,18+,19+,20-,21-,22+,23-,24+,25+,26+,27+,28+,29+,30+,31-,32-,33-,34-,35-,37+/m0/s1. The number of nitrogens with one attached hydrogen (secondary N) is 2. The second-order valence-corrected chi connectivity index (χ2v) is 16.9. The van der Waals surface area contributed by atoms with E-state index in [0.717, 1.165) is 13.8 Å². The molecule has 0 saturated carbocycles. The van der Waals surface area contributed by atoms with Gasteiger partial charge in [-0.1, -0.05) is 0 Å². The highest BCUT2D eigenvalue weighted by Gasteiger charge is 2.59. The number of carbonyl (C=O) groups excluding carboxylic acids is 2. The maximum Gasteiger partial charge on any atom is 0.364 e. The van der Waals surface area contributed by atoms with Crippen molar-refractivity contribution in [2.75, 3.05) is 33.0 Å². The fourth-order valence-electron chi connectivity index (χ4n) is 8.42. The first kappa shape index (κ1) is 56.3. The average Bonchev–Trinajstić information content (AvgIpc) is 3.29. The third kappa shape index (κ3) is 12.0. The van der Waals surface area contributed by atoms with Gasteiger partial charge in [-0.2, -0.15) is 0 Å². The average molecular weight is 999 g/mol. The first-order valence-electron chi connectivity index (χ1n) is 21.2. The van der Waals surface area contributed by atoms with E-state index in [2.05, 4.69) is 10.6 Å². The number of aliphatic hydroxyl groups is 16. The predicted molar refractivity (Wildman–Crippen MR) is 207 cm³/mol. The predicted octanol–water partition coefficient (Wildman–Crippen LogP) is -12.4. The van der Waals surface area contributed by atoms with Gasteiger partial charge < -0.3 is 140 Å². The summed E-state index contributed by atoms with van der Waals surface area (Å²) in [5, 5.41) is 184. The topological polar surface area (TPSA) is 502 Å². The molecule has 5 rings (SSSR count). The van der Waals surface area contributed by atoms with E-state index >= 15 is 0 Å². The number of aliphatic hydroxyl groups excluding tert-OH is 16. The van der Waals surface area contributed by atoms with Crippen molar-refractivity contribution >= 4 is 17.8 Å². The molecule has 31 heteroatoms. The van der Waals surface area contributed by atoms with E-state index in [1.54, 1.807) is 0 Å². The largest absolute Gasteiger partial charge is 0.477 e. The summed E-state index contributed by atoms with van der Waals surface area (Å²) in [6, 6.07) is -3.53. The summed E-state index contributed by atoms with van der Waals surface area (Å²) in [5.74, 6) is -6.81. The molecule has 0 aromatic rings. The third-order valence-corrected chi connectivity index (χ3v) is 12.1. The highest BCUT2D eigenvalue weighted by atomic mass is 16.8. The lowest BCUT2D eigenvalue weighted by Gasteiger charge is -2.50. The normalized spacial score (nSPS) is 46.6. The van der Waals surface area contributed by atoms with Crippen LogP contribution in [0.2, 0.25) is 0 Å². The van der Waals surface area contributed by atoms with Crippen LogP contribution in [-0.2, 0) is 57.0 Å². The Morgan fingerprint density at radius 2 is 1.10 bits per heavy atom. The van der Waals surface area contributed by atoms with E-state index in [4.69, 9.17) is 42.6 Å². The molecule has 394 valence electrons. The molecule has 19 N–H and O–H groups in total. The molecule has 0 unspecified atom stereocenters. The summed E-state index contributed by atoms with van der Waals surface area (Å²) in [6.45, 7) is -3.31. The molecule has 0 aromatic carbocycles. The number of ether oxygens (including phenoxy) is 9. The second-order valence-electron chi connectivity index (χ2n) is 16.9. The van der Waals surface area contributed by atoms with Crippen LogP contribution < -0.4 is 10.6 Å². The molecule has 5 aliphatic rings. The second kappa shape index (κ2) is 23.8. The molecule has 0 spiro atoms. The van der Waals surface area contributed by atoms with Gasteiger partial charge in [-0.15, -0.1) is 0 Å². The lowest BCUT2D eigenvalue weighted by atomic mass is 9.88. The zero-order valence-corrected chi connectivity index (χ0v) is 36.2. The number of carboxylic acids is 1. The van der Waals surface area contributed by atoms with Crippen LogP contribution in [0.25, 0.3) is 0 Å². The summed E-state index contributed by atoms with van der Waals surface area (Å²) < 4.78 is 50.9. The first-order chi connectivity index (χ1) is 31.9.